The van der Waals surface area contributed by atoms with Gasteiger partial charge in [0, 0.05) is 16.8 Å². The zero-order chi connectivity index (χ0) is 23.3. The number of ether oxygens (including phenoxy) is 2. The third-order valence-corrected chi connectivity index (χ3v) is 5.60. The van der Waals surface area contributed by atoms with Crippen molar-refractivity contribution in [3.05, 3.63) is 88.0 Å². The van der Waals surface area contributed by atoms with Crippen LogP contribution in [0.3, 0.4) is 0 Å². The monoisotopic (exact) mass is 431 g/mol. The maximum atomic E-state index is 12.9. The fourth-order valence-corrected chi connectivity index (χ4v) is 3.59. The lowest BCUT2D eigenvalue weighted by atomic mass is 10.0. The fourth-order valence-electron chi connectivity index (χ4n) is 3.59. The molecule has 3 aromatic rings. The van der Waals surface area contributed by atoms with E-state index < -0.39 is 0 Å². The molecular weight excluding hydrogens is 398 g/mol. The molecule has 0 aliphatic carbocycles. The number of amides is 1. The zero-order valence-corrected chi connectivity index (χ0v) is 19.9. The van der Waals surface area contributed by atoms with Gasteiger partial charge in [-0.1, -0.05) is 32.0 Å². The number of anilines is 1. The zero-order valence-electron chi connectivity index (χ0n) is 19.9. The smallest absolute Gasteiger partial charge is 0.255 e. The molecule has 3 aromatic carbocycles. The van der Waals surface area contributed by atoms with E-state index in [9.17, 15) is 4.79 Å². The Morgan fingerprint density at radius 3 is 2.28 bits per heavy atom. The van der Waals surface area contributed by atoms with E-state index in [-0.39, 0.29) is 5.91 Å². The number of rotatable bonds is 8. The molecule has 4 heteroatoms. The second kappa shape index (κ2) is 10.4. The molecule has 0 unspecified atom stereocenters. The van der Waals surface area contributed by atoms with Crippen LogP contribution in [0, 0.1) is 20.8 Å². The van der Waals surface area contributed by atoms with Crippen LogP contribution in [0.15, 0.2) is 54.6 Å². The molecule has 0 bridgehead atoms. The van der Waals surface area contributed by atoms with Gasteiger partial charge in [0.25, 0.3) is 5.91 Å². The van der Waals surface area contributed by atoms with Crippen molar-refractivity contribution in [1.29, 1.82) is 0 Å². The summed E-state index contributed by atoms with van der Waals surface area (Å²) in [4.78, 5) is 12.9. The molecule has 4 nitrogen and oxygen atoms in total. The second-order valence-electron chi connectivity index (χ2n) is 8.48. The number of nitrogens with one attached hydrogen (secondary N) is 1. The first kappa shape index (κ1) is 23.4. The molecule has 0 spiro atoms. The lowest BCUT2D eigenvalue weighted by molar-refractivity contribution is 0.102. The molecule has 0 aliphatic rings. The van der Waals surface area contributed by atoms with Gasteiger partial charge in [-0.25, -0.2) is 0 Å². The molecule has 0 aromatic heterocycles. The Hall–Kier alpha value is -3.27. The van der Waals surface area contributed by atoms with Gasteiger partial charge in [-0.15, -0.1) is 0 Å². The first-order valence-corrected chi connectivity index (χ1v) is 11.2. The van der Waals surface area contributed by atoms with Gasteiger partial charge in [-0.05, 0) is 92.3 Å². The minimum absolute atomic E-state index is 0.158. The van der Waals surface area contributed by atoms with Crippen LogP contribution in [0.25, 0.3) is 0 Å². The van der Waals surface area contributed by atoms with Crippen LogP contribution < -0.4 is 14.8 Å². The molecule has 1 N–H and O–H groups in total. The van der Waals surface area contributed by atoms with Crippen molar-refractivity contribution in [3.63, 3.8) is 0 Å². The van der Waals surface area contributed by atoms with E-state index in [1.165, 1.54) is 11.1 Å². The van der Waals surface area contributed by atoms with Crippen LogP contribution in [-0.2, 0) is 6.61 Å². The maximum absolute atomic E-state index is 12.9. The standard InChI is InChI=1S/C28H33NO3/c1-7-31-26-13-10-23(28(30)29-25-11-8-22(9-12-25)18(2)3)16-24(26)17-32-27-15-19(4)14-20(5)21(27)6/h8-16,18H,7,17H2,1-6H3,(H,29,30). The van der Waals surface area contributed by atoms with Crippen LogP contribution in [0.1, 0.15) is 64.9 Å². The van der Waals surface area contributed by atoms with Gasteiger partial charge in [0.2, 0.25) is 0 Å². The normalized spacial score (nSPS) is 10.8. The van der Waals surface area contributed by atoms with Gasteiger partial charge in [0.15, 0.2) is 0 Å². The molecule has 0 atom stereocenters. The molecule has 0 radical (unpaired) electrons. The van der Waals surface area contributed by atoms with Gasteiger partial charge in [-0.3, -0.25) is 4.79 Å². The number of carbonyl (C=O) groups excluding carboxylic acids is 1. The molecule has 0 saturated carbocycles. The first-order chi connectivity index (χ1) is 15.3. The molecule has 168 valence electrons. The average Bonchev–Trinajstić information content (AvgIpc) is 2.76. The van der Waals surface area contributed by atoms with Crippen molar-refractivity contribution in [2.75, 3.05) is 11.9 Å². The molecule has 0 saturated heterocycles. The predicted octanol–water partition coefficient (Wildman–Crippen LogP) is 6.97. The number of benzene rings is 3. The molecule has 0 heterocycles. The summed E-state index contributed by atoms with van der Waals surface area (Å²) in [6.45, 7) is 13.3. The largest absolute Gasteiger partial charge is 0.493 e. The number of aryl methyl sites for hydroxylation is 2. The van der Waals surface area contributed by atoms with E-state index >= 15 is 0 Å². The van der Waals surface area contributed by atoms with E-state index in [1.807, 2.05) is 49.4 Å². The predicted molar refractivity (Wildman–Crippen MR) is 131 cm³/mol. The quantitative estimate of drug-likeness (QED) is 0.419. The van der Waals surface area contributed by atoms with Crippen LogP contribution in [0.5, 0.6) is 11.5 Å². The summed E-state index contributed by atoms with van der Waals surface area (Å²) < 4.78 is 11.9. The summed E-state index contributed by atoms with van der Waals surface area (Å²) in [6, 6.07) is 17.6. The fraction of sp³-hybridized carbons (Fsp3) is 0.321. The van der Waals surface area contributed by atoms with E-state index in [1.54, 1.807) is 6.07 Å². The average molecular weight is 432 g/mol. The first-order valence-electron chi connectivity index (χ1n) is 11.2. The van der Waals surface area contributed by atoms with E-state index in [4.69, 9.17) is 9.47 Å². The maximum Gasteiger partial charge on any atom is 0.255 e. The van der Waals surface area contributed by atoms with Gasteiger partial charge in [0.05, 0.1) is 6.61 Å². The van der Waals surface area contributed by atoms with Crippen molar-refractivity contribution >= 4 is 11.6 Å². The summed E-state index contributed by atoms with van der Waals surface area (Å²) in [5.41, 5.74) is 6.89. The van der Waals surface area contributed by atoms with E-state index in [0.717, 1.165) is 33.9 Å². The molecular formula is C28H33NO3. The van der Waals surface area contributed by atoms with Crippen molar-refractivity contribution in [1.82, 2.24) is 0 Å². The molecule has 1 amide bonds. The van der Waals surface area contributed by atoms with Crippen molar-refractivity contribution in [2.45, 2.75) is 54.1 Å². The Labute approximate surface area is 191 Å². The highest BCUT2D eigenvalue weighted by atomic mass is 16.5. The van der Waals surface area contributed by atoms with Crippen LogP contribution in [-0.4, -0.2) is 12.5 Å². The van der Waals surface area contributed by atoms with Crippen LogP contribution in [0.4, 0.5) is 5.69 Å². The van der Waals surface area contributed by atoms with Gasteiger partial charge in [-0.2, -0.15) is 0 Å². The Bertz CT molecular complexity index is 1080. The van der Waals surface area contributed by atoms with Gasteiger partial charge in [0.1, 0.15) is 18.1 Å². The van der Waals surface area contributed by atoms with Crippen LogP contribution in [0.2, 0.25) is 0 Å². The highest BCUT2D eigenvalue weighted by Gasteiger charge is 2.13. The molecule has 3 rings (SSSR count). The molecule has 32 heavy (non-hydrogen) atoms. The number of carbonyl (C=O) groups is 1. The number of hydrogen-bond donors (Lipinski definition) is 1. The Morgan fingerprint density at radius 2 is 1.62 bits per heavy atom. The van der Waals surface area contributed by atoms with Crippen molar-refractivity contribution in [2.24, 2.45) is 0 Å². The Balaban J connectivity index is 1.79. The Morgan fingerprint density at radius 1 is 0.906 bits per heavy atom. The summed E-state index contributed by atoms with van der Waals surface area (Å²) >= 11 is 0. The highest BCUT2D eigenvalue weighted by molar-refractivity contribution is 6.04. The molecule has 0 fully saturated rings. The third kappa shape index (κ3) is 5.70. The van der Waals surface area contributed by atoms with Crippen LogP contribution >= 0.6 is 0 Å². The lowest BCUT2D eigenvalue weighted by Gasteiger charge is -2.16. The summed E-state index contributed by atoms with van der Waals surface area (Å²) in [7, 11) is 0. The highest BCUT2D eigenvalue weighted by Crippen LogP contribution is 2.27. The summed E-state index contributed by atoms with van der Waals surface area (Å²) in [5, 5.41) is 2.98. The minimum atomic E-state index is -0.158. The van der Waals surface area contributed by atoms with Crippen molar-refractivity contribution < 1.29 is 14.3 Å². The topological polar surface area (TPSA) is 47.6 Å². The number of hydrogen-bond acceptors (Lipinski definition) is 3. The second-order valence-corrected chi connectivity index (χ2v) is 8.48. The summed E-state index contributed by atoms with van der Waals surface area (Å²) in [5.74, 6) is 1.88. The van der Waals surface area contributed by atoms with E-state index in [2.05, 4.69) is 46.0 Å². The van der Waals surface area contributed by atoms with Crippen molar-refractivity contribution in [3.8, 4) is 11.5 Å². The van der Waals surface area contributed by atoms with Gasteiger partial charge < -0.3 is 14.8 Å². The minimum Gasteiger partial charge on any atom is -0.493 e. The summed E-state index contributed by atoms with van der Waals surface area (Å²) in [6.07, 6.45) is 0. The third-order valence-electron chi connectivity index (χ3n) is 5.60. The molecule has 0 aliphatic heterocycles. The van der Waals surface area contributed by atoms with E-state index in [0.29, 0.717) is 24.7 Å². The van der Waals surface area contributed by atoms with Gasteiger partial charge >= 0.3 is 0 Å². The SMILES string of the molecule is CCOc1ccc(C(=O)Nc2ccc(C(C)C)cc2)cc1COc1cc(C)cc(C)c1C. The Kier molecular flexibility index (Phi) is 7.57. The lowest BCUT2D eigenvalue weighted by Crippen LogP contribution is -2.13.